The van der Waals surface area contributed by atoms with Crippen LogP contribution in [-0.4, -0.2) is 46.0 Å². The van der Waals surface area contributed by atoms with Gasteiger partial charge in [-0.25, -0.2) is 4.79 Å². The van der Waals surface area contributed by atoms with Crippen molar-refractivity contribution in [3.63, 3.8) is 0 Å². The van der Waals surface area contributed by atoms with Crippen LogP contribution in [0.2, 0.25) is 0 Å². The minimum atomic E-state index is -5.08. The Morgan fingerprint density at radius 3 is 1.85 bits per heavy atom. The number of carbonyl (C=O) groups is 1. The fraction of sp³-hybridized carbons (Fsp3) is 0.882. The van der Waals surface area contributed by atoms with Crippen molar-refractivity contribution in [1.29, 1.82) is 0 Å². The van der Waals surface area contributed by atoms with Crippen LogP contribution < -0.4 is 11.1 Å². The van der Waals surface area contributed by atoms with Crippen molar-refractivity contribution >= 4 is 11.9 Å². The smallest absolute Gasteiger partial charge is 0.475 e. The van der Waals surface area contributed by atoms with E-state index in [4.69, 9.17) is 15.6 Å². The summed E-state index contributed by atoms with van der Waals surface area (Å²) in [5.74, 6) is 0.471. The number of halogens is 3. The number of hydrogen-bond donors (Lipinski definition) is 4. The first-order valence-electron chi connectivity index (χ1n) is 8.89. The van der Waals surface area contributed by atoms with E-state index in [1.54, 1.807) is 13.8 Å². The van der Waals surface area contributed by atoms with Crippen LogP contribution in [0, 0.1) is 17.8 Å². The van der Waals surface area contributed by atoms with E-state index in [2.05, 4.69) is 10.3 Å². The summed E-state index contributed by atoms with van der Waals surface area (Å²) in [5, 5.41) is 20.3. The summed E-state index contributed by atoms with van der Waals surface area (Å²) in [5.41, 5.74) is 5.46. The first-order valence-corrected chi connectivity index (χ1v) is 8.89. The van der Waals surface area contributed by atoms with Gasteiger partial charge in [0.1, 0.15) is 0 Å². The number of aliphatic carboxylic acids is 1. The molecule has 5 N–H and O–H groups in total. The molecule has 0 amide bonds. The van der Waals surface area contributed by atoms with Gasteiger partial charge in [0.15, 0.2) is 5.96 Å². The summed E-state index contributed by atoms with van der Waals surface area (Å²) >= 11 is 0. The Balaban J connectivity index is 0.000000298. The van der Waals surface area contributed by atoms with E-state index in [0.717, 1.165) is 17.8 Å². The second kappa shape index (κ2) is 7.25. The molecule has 150 valence electrons. The fourth-order valence-corrected chi connectivity index (χ4v) is 4.85. The van der Waals surface area contributed by atoms with Crippen molar-refractivity contribution in [2.45, 2.75) is 69.7 Å². The summed E-state index contributed by atoms with van der Waals surface area (Å²) in [6.45, 7) is 3.88. The molecule has 0 unspecified atom stereocenters. The molecule has 6 nitrogen and oxygen atoms in total. The molecule has 4 aliphatic carbocycles. The van der Waals surface area contributed by atoms with Gasteiger partial charge in [-0.15, -0.1) is 0 Å². The summed E-state index contributed by atoms with van der Waals surface area (Å²) in [7, 11) is 0. The lowest BCUT2D eigenvalue weighted by molar-refractivity contribution is -0.192. The van der Waals surface area contributed by atoms with Gasteiger partial charge >= 0.3 is 12.1 Å². The average Bonchev–Trinajstić information content (AvgIpc) is 2.42. The first kappa shape index (κ1) is 20.8. The molecule has 4 fully saturated rings. The minimum Gasteiger partial charge on any atom is -0.475 e. The average molecular weight is 379 g/mol. The predicted octanol–water partition coefficient (Wildman–Crippen LogP) is 2.26. The second-order valence-corrected chi connectivity index (χ2v) is 8.64. The van der Waals surface area contributed by atoms with Crippen LogP contribution in [-0.2, 0) is 4.79 Å². The number of rotatable bonds is 3. The van der Waals surface area contributed by atoms with Crippen molar-refractivity contribution in [1.82, 2.24) is 5.32 Å². The molecule has 4 bridgehead atoms. The van der Waals surface area contributed by atoms with Crippen molar-refractivity contribution in [3.8, 4) is 0 Å². The van der Waals surface area contributed by atoms with Crippen LogP contribution >= 0.6 is 0 Å². The van der Waals surface area contributed by atoms with Gasteiger partial charge < -0.3 is 21.3 Å². The van der Waals surface area contributed by atoms with Gasteiger partial charge in [-0.3, -0.25) is 4.99 Å². The van der Waals surface area contributed by atoms with Crippen LogP contribution in [0.3, 0.4) is 0 Å². The lowest BCUT2D eigenvalue weighted by Gasteiger charge is -2.57. The van der Waals surface area contributed by atoms with E-state index >= 15 is 0 Å². The maximum atomic E-state index is 10.6. The number of hydrogen-bond acceptors (Lipinski definition) is 3. The minimum absolute atomic E-state index is 0.210. The molecule has 4 aliphatic rings. The fourth-order valence-electron chi connectivity index (χ4n) is 4.85. The standard InChI is InChI=1S/C15H27N3O.C2HF3O2/c1-14(2,19)9-17-13(16)18-15-6-10-3-11(7-15)5-12(4-10)8-15;3-2(4,5)1(6)7/h10-12,19H,3-9H2,1-2H3,(H3,16,17,18);(H,6,7). The zero-order valence-corrected chi connectivity index (χ0v) is 15.1. The van der Waals surface area contributed by atoms with Crippen molar-refractivity contribution < 1.29 is 28.2 Å². The molecule has 0 aliphatic heterocycles. The van der Waals surface area contributed by atoms with E-state index in [0.29, 0.717) is 12.5 Å². The largest absolute Gasteiger partial charge is 0.490 e. The molecule has 9 heteroatoms. The summed E-state index contributed by atoms with van der Waals surface area (Å²) < 4.78 is 31.7. The number of carboxylic acid groups (broad SMARTS) is 1. The highest BCUT2D eigenvalue weighted by atomic mass is 19.4. The lowest BCUT2D eigenvalue weighted by atomic mass is 9.53. The highest BCUT2D eigenvalue weighted by Gasteiger charge is 2.51. The zero-order chi connectivity index (χ0) is 19.8. The summed E-state index contributed by atoms with van der Waals surface area (Å²) in [6, 6.07) is 0. The molecule has 4 rings (SSSR count). The molecular formula is C17H28F3N3O3. The van der Waals surface area contributed by atoms with Gasteiger partial charge in [0.05, 0.1) is 12.1 Å². The number of nitrogens with two attached hydrogens (primary N) is 1. The Kier molecular flexibility index (Phi) is 5.80. The van der Waals surface area contributed by atoms with Gasteiger partial charge in [-0.05, 0) is 70.1 Å². The number of nitrogens with one attached hydrogen (secondary N) is 1. The third-order valence-electron chi connectivity index (χ3n) is 5.31. The van der Waals surface area contributed by atoms with Gasteiger partial charge in [0.25, 0.3) is 0 Å². The monoisotopic (exact) mass is 379 g/mol. The maximum Gasteiger partial charge on any atom is 0.490 e. The highest BCUT2D eigenvalue weighted by Crippen LogP contribution is 2.55. The van der Waals surface area contributed by atoms with Crippen LogP contribution in [0.15, 0.2) is 4.99 Å². The molecule has 0 radical (unpaired) electrons. The zero-order valence-electron chi connectivity index (χ0n) is 15.1. The predicted molar refractivity (Wildman–Crippen MR) is 90.5 cm³/mol. The third-order valence-corrected chi connectivity index (χ3v) is 5.31. The molecular weight excluding hydrogens is 351 g/mol. The molecule has 0 atom stereocenters. The van der Waals surface area contributed by atoms with Crippen LogP contribution in [0.1, 0.15) is 52.4 Å². The molecule has 0 aromatic rings. The van der Waals surface area contributed by atoms with Crippen molar-refractivity contribution in [2.24, 2.45) is 28.5 Å². The van der Waals surface area contributed by atoms with Crippen molar-refractivity contribution in [3.05, 3.63) is 0 Å². The third kappa shape index (κ3) is 5.75. The quantitative estimate of drug-likeness (QED) is 0.444. The van der Waals surface area contributed by atoms with Gasteiger partial charge in [-0.2, -0.15) is 13.2 Å². The Morgan fingerprint density at radius 1 is 1.15 bits per heavy atom. The molecule has 26 heavy (non-hydrogen) atoms. The normalized spacial score (nSPS) is 33.5. The lowest BCUT2D eigenvalue weighted by Crippen LogP contribution is -2.61. The number of guanidine groups is 1. The topological polar surface area (TPSA) is 108 Å². The molecule has 0 aromatic carbocycles. The maximum absolute atomic E-state index is 10.6. The van der Waals surface area contributed by atoms with E-state index in [1.807, 2.05) is 0 Å². The van der Waals surface area contributed by atoms with Crippen molar-refractivity contribution in [2.75, 3.05) is 6.54 Å². The number of carboxylic acids is 1. The van der Waals surface area contributed by atoms with E-state index in [-0.39, 0.29) is 5.54 Å². The summed E-state index contributed by atoms with van der Waals surface area (Å²) in [6.07, 6.45) is 3.00. The molecule has 0 spiro atoms. The first-order chi connectivity index (χ1) is 11.8. The van der Waals surface area contributed by atoms with Gasteiger partial charge in [0, 0.05) is 5.54 Å². The molecule has 0 saturated heterocycles. The van der Waals surface area contributed by atoms with Crippen LogP contribution in [0.4, 0.5) is 13.2 Å². The molecule has 4 saturated carbocycles. The van der Waals surface area contributed by atoms with Gasteiger partial charge in [0.2, 0.25) is 0 Å². The number of alkyl halides is 3. The Bertz CT molecular complexity index is 520. The van der Waals surface area contributed by atoms with Gasteiger partial charge in [-0.1, -0.05) is 0 Å². The Hall–Kier alpha value is -1.51. The van der Waals surface area contributed by atoms with Crippen LogP contribution in [0.25, 0.3) is 0 Å². The Labute approximate surface area is 151 Å². The summed E-state index contributed by atoms with van der Waals surface area (Å²) in [4.78, 5) is 13.2. The SMILES string of the molecule is CC(C)(O)CN=C(N)NC12CC3CC(CC(C3)C1)C2.O=C(O)C(F)(F)F. The van der Waals surface area contributed by atoms with Crippen LogP contribution in [0.5, 0.6) is 0 Å². The molecule has 0 heterocycles. The molecule has 0 aromatic heterocycles. The van der Waals surface area contributed by atoms with E-state index in [1.165, 1.54) is 38.5 Å². The Morgan fingerprint density at radius 2 is 1.54 bits per heavy atom. The second-order valence-electron chi connectivity index (χ2n) is 8.64. The highest BCUT2D eigenvalue weighted by molar-refractivity contribution is 5.78. The number of nitrogens with zero attached hydrogens (tertiary/aromatic N) is 1. The number of aliphatic hydroxyl groups is 1. The van der Waals surface area contributed by atoms with E-state index < -0.39 is 17.7 Å². The number of aliphatic imine (C=N–C) groups is 1. The van der Waals surface area contributed by atoms with E-state index in [9.17, 15) is 18.3 Å².